The fraction of sp³-hybridized carbons (Fsp3) is 0.455. The monoisotopic (exact) mass is 400 g/mol. The Bertz CT molecular complexity index is 780. The average molecular weight is 401 g/mol. The molecular formula is C22H32N4O3. The Morgan fingerprint density at radius 2 is 1.90 bits per heavy atom. The van der Waals surface area contributed by atoms with Gasteiger partial charge in [-0.05, 0) is 50.5 Å². The number of rotatable bonds is 11. The zero-order chi connectivity index (χ0) is 20.9. The first-order chi connectivity index (χ1) is 14.2. The minimum absolute atomic E-state index is 0.489. The van der Waals surface area contributed by atoms with Gasteiger partial charge in [-0.3, -0.25) is 0 Å². The number of hydrogen-bond donors (Lipinski definition) is 2. The molecule has 0 aliphatic rings. The van der Waals surface area contributed by atoms with Crippen molar-refractivity contribution in [2.75, 3.05) is 33.9 Å². The highest BCUT2D eigenvalue weighted by atomic mass is 16.5. The quantitative estimate of drug-likeness (QED) is 0.343. The minimum Gasteiger partial charge on any atom is -0.493 e. The molecule has 2 aromatic rings. The zero-order valence-corrected chi connectivity index (χ0v) is 17.8. The molecular weight excluding hydrogens is 368 g/mol. The van der Waals surface area contributed by atoms with Crippen molar-refractivity contribution in [3.63, 3.8) is 0 Å². The number of aromatic nitrogens is 1. The fourth-order valence-corrected chi connectivity index (χ4v) is 2.81. The van der Waals surface area contributed by atoms with Crippen molar-refractivity contribution in [3.05, 3.63) is 47.7 Å². The summed E-state index contributed by atoms with van der Waals surface area (Å²) >= 11 is 0. The van der Waals surface area contributed by atoms with Crippen LogP contribution in [0.4, 0.5) is 0 Å². The van der Waals surface area contributed by atoms with Gasteiger partial charge in [-0.1, -0.05) is 12.1 Å². The van der Waals surface area contributed by atoms with Gasteiger partial charge in [0, 0.05) is 19.2 Å². The molecule has 7 nitrogen and oxygen atoms in total. The number of hydrogen-bond acceptors (Lipinski definition) is 5. The summed E-state index contributed by atoms with van der Waals surface area (Å²) in [6, 6.07) is 11.8. The molecule has 0 spiro atoms. The van der Waals surface area contributed by atoms with Gasteiger partial charge in [0.2, 0.25) is 5.88 Å². The Morgan fingerprint density at radius 3 is 2.62 bits per heavy atom. The van der Waals surface area contributed by atoms with Gasteiger partial charge in [0.15, 0.2) is 17.5 Å². The van der Waals surface area contributed by atoms with Crippen LogP contribution in [0.2, 0.25) is 0 Å². The Morgan fingerprint density at radius 1 is 1.03 bits per heavy atom. The van der Waals surface area contributed by atoms with Gasteiger partial charge in [-0.15, -0.1) is 0 Å². The van der Waals surface area contributed by atoms with E-state index in [-0.39, 0.29) is 0 Å². The third kappa shape index (κ3) is 7.52. The lowest BCUT2D eigenvalue weighted by molar-refractivity contribution is 0.310. The van der Waals surface area contributed by atoms with Crippen LogP contribution in [0, 0.1) is 0 Å². The zero-order valence-electron chi connectivity index (χ0n) is 17.8. The van der Waals surface area contributed by atoms with E-state index in [1.807, 2.05) is 38.1 Å². The number of benzene rings is 1. The van der Waals surface area contributed by atoms with Crippen molar-refractivity contribution < 1.29 is 14.2 Å². The lowest BCUT2D eigenvalue weighted by Crippen LogP contribution is -2.37. The van der Waals surface area contributed by atoms with Crippen LogP contribution in [0.3, 0.4) is 0 Å². The summed E-state index contributed by atoms with van der Waals surface area (Å²) in [4.78, 5) is 8.99. The van der Waals surface area contributed by atoms with Crippen molar-refractivity contribution in [3.8, 4) is 17.4 Å². The van der Waals surface area contributed by atoms with Crippen molar-refractivity contribution in [1.82, 2.24) is 15.6 Å². The molecule has 0 aliphatic carbocycles. The molecule has 0 atom stereocenters. The second-order valence-electron chi connectivity index (χ2n) is 6.32. The Labute approximate surface area is 173 Å². The average Bonchev–Trinajstić information content (AvgIpc) is 2.75. The first-order valence-corrected chi connectivity index (χ1v) is 10.0. The van der Waals surface area contributed by atoms with E-state index in [1.54, 1.807) is 14.2 Å². The van der Waals surface area contributed by atoms with Gasteiger partial charge in [-0.2, -0.15) is 0 Å². The lowest BCUT2D eigenvalue weighted by atomic mass is 10.1. The number of aryl methyl sites for hydroxylation is 1. The van der Waals surface area contributed by atoms with Gasteiger partial charge in [0.1, 0.15) is 0 Å². The van der Waals surface area contributed by atoms with E-state index in [2.05, 4.69) is 32.7 Å². The van der Waals surface area contributed by atoms with Crippen LogP contribution in [0.5, 0.6) is 17.4 Å². The van der Waals surface area contributed by atoms with E-state index in [0.717, 1.165) is 49.1 Å². The Kier molecular flexibility index (Phi) is 9.62. The second-order valence-corrected chi connectivity index (χ2v) is 6.32. The van der Waals surface area contributed by atoms with Gasteiger partial charge in [0.05, 0.1) is 33.1 Å². The number of aliphatic imine (C=N–C) groups is 1. The number of guanidine groups is 1. The molecule has 158 valence electrons. The van der Waals surface area contributed by atoms with Crippen molar-refractivity contribution in [1.29, 1.82) is 0 Å². The Hall–Kier alpha value is -2.96. The fourth-order valence-electron chi connectivity index (χ4n) is 2.81. The normalized spacial score (nSPS) is 11.1. The maximum atomic E-state index is 5.65. The van der Waals surface area contributed by atoms with Gasteiger partial charge < -0.3 is 24.8 Å². The van der Waals surface area contributed by atoms with Crippen LogP contribution in [0.25, 0.3) is 0 Å². The van der Waals surface area contributed by atoms with Crippen LogP contribution in [-0.2, 0) is 13.0 Å². The van der Waals surface area contributed by atoms with Crippen LogP contribution in [0.1, 0.15) is 31.5 Å². The molecule has 0 aliphatic heterocycles. The summed E-state index contributed by atoms with van der Waals surface area (Å²) < 4.78 is 16.2. The summed E-state index contributed by atoms with van der Waals surface area (Å²) in [5.41, 5.74) is 2.09. The predicted molar refractivity (Wildman–Crippen MR) is 116 cm³/mol. The van der Waals surface area contributed by atoms with E-state index < -0.39 is 0 Å². The summed E-state index contributed by atoms with van der Waals surface area (Å²) in [5, 5.41) is 6.64. The largest absolute Gasteiger partial charge is 0.493 e. The SMILES string of the molecule is CCNC(=NCc1cccc(OC)n1)NCCCc1ccc(OC)c(OCC)c1. The van der Waals surface area contributed by atoms with E-state index >= 15 is 0 Å². The summed E-state index contributed by atoms with van der Waals surface area (Å²) in [5.74, 6) is 2.94. The number of nitrogens with zero attached hydrogens (tertiary/aromatic N) is 2. The molecule has 0 saturated carbocycles. The number of nitrogens with one attached hydrogen (secondary N) is 2. The Balaban J connectivity index is 1.86. The molecule has 0 fully saturated rings. The predicted octanol–water partition coefficient (Wildman–Crippen LogP) is 3.19. The molecule has 0 radical (unpaired) electrons. The molecule has 2 rings (SSSR count). The molecule has 0 bridgehead atoms. The van der Waals surface area contributed by atoms with Crippen LogP contribution >= 0.6 is 0 Å². The molecule has 0 saturated heterocycles. The first-order valence-electron chi connectivity index (χ1n) is 10.0. The minimum atomic E-state index is 0.489. The highest BCUT2D eigenvalue weighted by Crippen LogP contribution is 2.28. The van der Waals surface area contributed by atoms with E-state index in [9.17, 15) is 0 Å². The number of pyridine rings is 1. The van der Waals surface area contributed by atoms with Gasteiger partial charge in [-0.25, -0.2) is 9.98 Å². The molecule has 1 aromatic heterocycles. The topological polar surface area (TPSA) is 77.0 Å². The van der Waals surface area contributed by atoms with Gasteiger partial charge >= 0.3 is 0 Å². The van der Waals surface area contributed by atoms with Crippen LogP contribution < -0.4 is 24.8 Å². The summed E-state index contributed by atoms with van der Waals surface area (Å²) in [7, 11) is 3.27. The standard InChI is InChI=1S/C22H32N4O3/c1-5-23-22(25-16-18-10-7-11-21(26-18)28-4)24-14-8-9-17-12-13-19(27-3)20(15-17)29-6-2/h7,10-13,15H,5-6,8-9,14,16H2,1-4H3,(H2,23,24,25). The first kappa shape index (κ1) is 22.3. The molecule has 0 unspecified atom stereocenters. The number of methoxy groups -OCH3 is 2. The van der Waals surface area contributed by atoms with Crippen molar-refractivity contribution >= 4 is 5.96 Å². The summed E-state index contributed by atoms with van der Waals surface area (Å²) in [6.45, 7) is 6.74. The molecule has 29 heavy (non-hydrogen) atoms. The molecule has 1 heterocycles. The second kappa shape index (κ2) is 12.5. The van der Waals surface area contributed by atoms with Crippen LogP contribution in [0.15, 0.2) is 41.4 Å². The lowest BCUT2D eigenvalue weighted by Gasteiger charge is -2.13. The van der Waals surface area contributed by atoms with E-state index in [0.29, 0.717) is 19.0 Å². The van der Waals surface area contributed by atoms with E-state index in [1.165, 1.54) is 5.56 Å². The van der Waals surface area contributed by atoms with Crippen LogP contribution in [-0.4, -0.2) is 44.9 Å². The van der Waals surface area contributed by atoms with Crippen molar-refractivity contribution in [2.45, 2.75) is 33.2 Å². The van der Waals surface area contributed by atoms with Gasteiger partial charge in [0.25, 0.3) is 0 Å². The number of ether oxygens (including phenoxy) is 3. The maximum Gasteiger partial charge on any atom is 0.213 e. The molecule has 2 N–H and O–H groups in total. The van der Waals surface area contributed by atoms with Crippen molar-refractivity contribution in [2.24, 2.45) is 4.99 Å². The highest BCUT2D eigenvalue weighted by Gasteiger charge is 2.06. The maximum absolute atomic E-state index is 5.65. The highest BCUT2D eigenvalue weighted by molar-refractivity contribution is 5.79. The van der Waals surface area contributed by atoms with E-state index in [4.69, 9.17) is 14.2 Å². The summed E-state index contributed by atoms with van der Waals surface area (Å²) in [6.07, 6.45) is 1.91. The smallest absolute Gasteiger partial charge is 0.213 e. The molecule has 0 amide bonds. The molecule has 7 heteroatoms. The third-order valence-corrected chi connectivity index (χ3v) is 4.20. The molecule has 1 aromatic carbocycles. The third-order valence-electron chi connectivity index (χ3n) is 4.20.